The first-order chi connectivity index (χ1) is 23.6. The Bertz CT molecular complexity index is 2050. The number of fused-ring (bicyclic) bond motifs is 2. The van der Waals surface area contributed by atoms with Crippen molar-refractivity contribution in [2.24, 2.45) is 0 Å². The molecule has 0 aliphatic heterocycles. The molecule has 0 atom stereocenters. The third kappa shape index (κ3) is 10.5. The van der Waals surface area contributed by atoms with E-state index in [1.807, 2.05) is 0 Å². The normalized spacial score (nSPS) is 10.4. The van der Waals surface area contributed by atoms with Gasteiger partial charge in [0.1, 0.15) is 0 Å². The second-order valence-corrected chi connectivity index (χ2v) is 17.7. The fourth-order valence-corrected chi connectivity index (χ4v) is 5.93. The summed E-state index contributed by atoms with van der Waals surface area (Å²) in [6, 6.07) is 46.9. The predicted molar refractivity (Wildman–Crippen MR) is 218 cm³/mol. The van der Waals surface area contributed by atoms with E-state index in [1.165, 1.54) is 82.7 Å². The monoisotopic (exact) mass is 774 g/mol. The Morgan fingerprint density at radius 2 is 1.00 bits per heavy atom. The Kier molecular flexibility index (Phi) is 14.9. The average Bonchev–Trinajstić information content (AvgIpc) is 3.70. The van der Waals surface area contributed by atoms with Crippen molar-refractivity contribution in [3.8, 4) is 33.4 Å². The molecular weight excluding hydrogens is 731 g/mol. The van der Waals surface area contributed by atoms with Crippen LogP contribution >= 0.6 is 17.0 Å². The molecule has 248 valence electrons. The van der Waals surface area contributed by atoms with Gasteiger partial charge in [-0.25, -0.2) is 0 Å². The van der Waals surface area contributed by atoms with E-state index in [0.717, 1.165) is 9.52 Å². The number of benzene rings is 5. The van der Waals surface area contributed by atoms with Crippen molar-refractivity contribution in [2.45, 2.75) is 60.6 Å². The van der Waals surface area contributed by atoms with Crippen LogP contribution in [0.4, 0.5) is 0 Å². The van der Waals surface area contributed by atoms with Crippen LogP contribution in [0, 0.1) is 27.7 Å². The molecule has 7 rings (SSSR count). The molecule has 0 saturated carbocycles. The number of rotatable bonds is 4. The van der Waals surface area contributed by atoms with E-state index in [2.05, 4.69) is 182 Å². The van der Waals surface area contributed by atoms with Crippen LogP contribution in [-0.2, 0) is 20.8 Å². The van der Waals surface area contributed by atoms with Gasteiger partial charge in [0.25, 0.3) is 0 Å². The van der Waals surface area contributed by atoms with Crippen molar-refractivity contribution in [1.29, 1.82) is 0 Å². The number of hydrogen-bond donors (Lipinski definition) is 0. The minimum absolute atomic E-state index is 0.582. The van der Waals surface area contributed by atoms with Crippen molar-refractivity contribution >= 4 is 48.1 Å². The van der Waals surface area contributed by atoms with Crippen LogP contribution in [0.3, 0.4) is 0 Å². The van der Waals surface area contributed by atoms with Crippen LogP contribution in [0.1, 0.15) is 47.6 Å². The standard InChI is InChI=1S/C24H21.C19H19.C2H6Si.2ClH.Zr/c1-16-4-8-19(9-5-16)21-14-22-12-18(3)13-23(22)24(15-21)20-10-6-17(2)7-11-20;1-13(2)17-11-16-5-4-6-18(19(16)12-17)15-9-7-14(3)8-10-15;1-3-2;;;/h4-15H,1-3H3;4-13H,1-3H3;1-2H3;2*1H;/q2*-1;;;;+4/p-2. The fraction of sp³-hybridized carbons (Fsp3) is 0.200. The summed E-state index contributed by atoms with van der Waals surface area (Å²) in [6.07, 6.45) is 0. The minimum atomic E-state index is -0.826. The molecule has 0 aliphatic rings. The van der Waals surface area contributed by atoms with Crippen molar-refractivity contribution < 1.29 is 20.8 Å². The zero-order valence-electron chi connectivity index (χ0n) is 30.0. The third-order valence-corrected chi connectivity index (χ3v) is 8.52. The van der Waals surface area contributed by atoms with E-state index in [1.54, 1.807) is 0 Å². The van der Waals surface area contributed by atoms with Gasteiger partial charge in [-0.15, -0.1) is 63.0 Å². The summed E-state index contributed by atoms with van der Waals surface area (Å²) in [5, 5.41) is 5.38. The van der Waals surface area contributed by atoms with Crippen molar-refractivity contribution in [3.05, 3.63) is 155 Å². The van der Waals surface area contributed by atoms with E-state index < -0.39 is 20.8 Å². The molecule has 0 nitrogen and oxygen atoms in total. The van der Waals surface area contributed by atoms with Gasteiger partial charge in [-0.2, -0.15) is 12.1 Å². The third-order valence-electron chi connectivity index (χ3n) is 8.52. The first-order valence-corrected chi connectivity index (χ1v) is 25.1. The predicted octanol–water partition coefficient (Wildman–Crippen LogP) is 14.6. The van der Waals surface area contributed by atoms with E-state index in [4.69, 9.17) is 17.0 Å². The molecular formula is C45H46Cl2SiZr. The molecule has 7 aromatic rings. The molecule has 0 saturated heterocycles. The molecule has 0 unspecified atom stereocenters. The maximum absolute atomic E-state index is 4.93. The average molecular weight is 777 g/mol. The molecule has 2 radical (unpaired) electrons. The molecule has 0 N–H and O–H groups in total. The van der Waals surface area contributed by atoms with Gasteiger partial charge in [0, 0.05) is 9.52 Å². The fourth-order valence-electron chi connectivity index (χ4n) is 5.93. The maximum atomic E-state index is 4.93. The van der Waals surface area contributed by atoms with Gasteiger partial charge in [-0.05, 0) is 43.4 Å². The van der Waals surface area contributed by atoms with Crippen molar-refractivity contribution in [3.63, 3.8) is 0 Å². The van der Waals surface area contributed by atoms with E-state index in [9.17, 15) is 0 Å². The summed E-state index contributed by atoms with van der Waals surface area (Å²) >= 11 is -0.826. The van der Waals surface area contributed by atoms with Gasteiger partial charge in [-0.3, -0.25) is 0 Å². The molecule has 0 fully saturated rings. The Hall–Kier alpha value is -3.00. The SMILES string of the molecule is C[Si]C.Cc1ccc(-c2cc(-c3ccc(C)cc3)c3cc(C)[cH-]c3c2)cc1.Cc1ccc(-c2cccc3[cH-]c(C(C)C)cc23)cc1.[Cl][Zr+2][Cl]. The molecule has 0 heterocycles. The summed E-state index contributed by atoms with van der Waals surface area (Å²) in [4.78, 5) is 0. The zero-order valence-corrected chi connectivity index (χ0v) is 34.9. The summed E-state index contributed by atoms with van der Waals surface area (Å²) in [5.41, 5.74) is 14.4. The van der Waals surface area contributed by atoms with E-state index in [-0.39, 0.29) is 0 Å². The quantitative estimate of drug-likeness (QED) is 0.123. The summed E-state index contributed by atoms with van der Waals surface area (Å²) in [5.74, 6) is 0.582. The zero-order chi connectivity index (χ0) is 35.5. The van der Waals surface area contributed by atoms with E-state index in [0.29, 0.717) is 5.92 Å². The molecule has 4 heteroatoms. The van der Waals surface area contributed by atoms with Crippen LogP contribution in [-0.4, -0.2) is 9.52 Å². The molecule has 49 heavy (non-hydrogen) atoms. The Morgan fingerprint density at radius 1 is 0.531 bits per heavy atom. The van der Waals surface area contributed by atoms with Crippen LogP contribution < -0.4 is 0 Å². The van der Waals surface area contributed by atoms with Gasteiger partial charge in [0.2, 0.25) is 0 Å². The number of hydrogen-bond acceptors (Lipinski definition) is 0. The Balaban J connectivity index is 0.000000194. The molecule has 0 aliphatic carbocycles. The molecule has 0 amide bonds. The van der Waals surface area contributed by atoms with Gasteiger partial charge in [0.15, 0.2) is 0 Å². The number of halogens is 2. The van der Waals surface area contributed by atoms with Crippen molar-refractivity contribution in [1.82, 2.24) is 0 Å². The summed E-state index contributed by atoms with van der Waals surface area (Å²) in [6.45, 7) is 17.4. The second-order valence-electron chi connectivity index (χ2n) is 13.0. The van der Waals surface area contributed by atoms with Crippen LogP contribution in [0.2, 0.25) is 13.1 Å². The first kappa shape index (κ1) is 38.8. The second kappa shape index (κ2) is 18.8. The molecule has 0 spiro atoms. The van der Waals surface area contributed by atoms with Gasteiger partial charge in [0.05, 0.1) is 0 Å². The topological polar surface area (TPSA) is 0 Å². The molecule has 0 bridgehead atoms. The van der Waals surface area contributed by atoms with Crippen LogP contribution in [0.15, 0.2) is 127 Å². The first-order valence-electron chi connectivity index (χ1n) is 16.7. The van der Waals surface area contributed by atoms with Gasteiger partial charge < -0.3 is 0 Å². The van der Waals surface area contributed by atoms with E-state index >= 15 is 0 Å². The molecule has 7 aromatic carbocycles. The van der Waals surface area contributed by atoms with Crippen molar-refractivity contribution in [2.75, 3.05) is 0 Å². The van der Waals surface area contributed by atoms with Crippen LogP contribution in [0.5, 0.6) is 0 Å². The Morgan fingerprint density at radius 3 is 1.51 bits per heavy atom. The van der Waals surface area contributed by atoms with Gasteiger partial charge >= 0.3 is 37.9 Å². The van der Waals surface area contributed by atoms with Crippen LogP contribution in [0.25, 0.3) is 54.9 Å². The summed E-state index contributed by atoms with van der Waals surface area (Å²) in [7, 11) is 11.0. The molecule has 0 aromatic heterocycles. The van der Waals surface area contributed by atoms with Gasteiger partial charge in [-0.1, -0.05) is 152 Å². The summed E-state index contributed by atoms with van der Waals surface area (Å²) < 4.78 is 0. The Labute approximate surface area is 315 Å². The number of aryl methyl sites for hydroxylation is 4.